The molecule has 0 aliphatic rings. The van der Waals surface area contributed by atoms with Gasteiger partial charge in [-0.3, -0.25) is 0 Å². The normalized spacial score (nSPS) is 10.9. The summed E-state index contributed by atoms with van der Waals surface area (Å²) in [4.78, 5) is 0. The van der Waals surface area contributed by atoms with Crippen LogP contribution in [-0.2, 0) is 0 Å². The molecular formula is C14H32O3. The monoisotopic (exact) mass is 248 g/mol. The van der Waals surface area contributed by atoms with Crippen molar-refractivity contribution in [2.24, 2.45) is 5.41 Å². The van der Waals surface area contributed by atoms with Crippen LogP contribution < -0.4 is 0 Å². The molecule has 0 rings (SSSR count). The lowest BCUT2D eigenvalue weighted by Crippen LogP contribution is -2.33. The van der Waals surface area contributed by atoms with Crippen LogP contribution in [0.5, 0.6) is 0 Å². The highest BCUT2D eigenvalue weighted by molar-refractivity contribution is 4.76. The first kappa shape index (κ1) is 19.2. The minimum Gasteiger partial charge on any atom is -0.396 e. The van der Waals surface area contributed by atoms with Crippen LogP contribution >= 0.6 is 0 Å². The summed E-state index contributed by atoms with van der Waals surface area (Å²) in [6.45, 7) is 5.80. The van der Waals surface area contributed by atoms with Crippen LogP contribution in [0, 0.1) is 5.41 Å². The van der Waals surface area contributed by atoms with Crippen molar-refractivity contribution >= 4 is 0 Å². The first-order valence-electron chi connectivity index (χ1n) is 7.07. The van der Waals surface area contributed by atoms with Gasteiger partial charge in [0.25, 0.3) is 0 Å². The Balaban J connectivity index is 0. The molecule has 0 saturated carbocycles. The van der Waals surface area contributed by atoms with Crippen molar-refractivity contribution in [3.63, 3.8) is 0 Å². The number of aliphatic hydroxyl groups is 3. The van der Waals surface area contributed by atoms with Gasteiger partial charge in [0.15, 0.2) is 0 Å². The first-order valence-corrected chi connectivity index (χ1v) is 7.07. The molecule has 3 heteroatoms. The molecule has 0 heterocycles. The molecule has 17 heavy (non-hydrogen) atoms. The lowest BCUT2D eigenvalue weighted by Gasteiger charge is -2.27. The van der Waals surface area contributed by atoms with Crippen LogP contribution in [0.15, 0.2) is 0 Å². The average molecular weight is 248 g/mol. The molecule has 0 aromatic rings. The van der Waals surface area contributed by atoms with Crippen molar-refractivity contribution in [1.82, 2.24) is 0 Å². The predicted octanol–water partition coefficient (Wildman–Crippen LogP) is 2.73. The maximum absolute atomic E-state index is 9.10. The molecule has 0 atom stereocenters. The van der Waals surface area contributed by atoms with Gasteiger partial charge in [0.2, 0.25) is 0 Å². The van der Waals surface area contributed by atoms with Gasteiger partial charge in [0, 0.05) is 5.41 Å². The molecule has 0 unspecified atom stereocenters. The molecule has 106 valence electrons. The topological polar surface area (TPSA) is 60.7 Å². The van der Waals surface area contributed by atoms with Gasteiger partial charge in [-0.05, 0) is 6.42 Å². The summed E-state index contributed by atoms with van der Waals surface area (Å²) in [5, 5.41) is 27.3. The third kappa shape index (κ3) is 9.57. The van der Waals surface area contributed by atoms with Gasteiger partial charge in [0.05, 0.1) is 19.8 Å². The molecule has 0 bridgehead atoms. The lowest BCUT2D eigenvalue weighted by molar-refractivity contribution is -0.00229. The van der Waals surface area contributed by atoms with Crippen molar-refractivity contribution < 1.29 is 15.3 Å². The van der Waals surface area contributed by atoms with Crippen molar-refractivity contribution in [2.75, 3.05) is 19.8 Å². The maximum Gasteiger partial charge on any atom is 0.0531 e. The van der Waals surface area contributed by atoms with Crippen LogP contribution in [-0.4, -0.2) is 35.1 Å². The van der Waals surface area contributed by atoms with Crippen LogP contribution in [0.1, 0.15) is 65.7 Å². The second-order valence-corrected chi connectivity index (χ2v) is 4.49. The first-order chi connectivity index (χ1) is 8.24. The van der Waals surface area contributed by atoms with E-state index in [0.717, 1.165) is 12.8 Å². The zero-order chi connectivity index (χ0) is 13.6. The van der Waals surface area contributed by atoms with E-state index in [1.165, 1.54) is 25.7 Å². The lowest BCUT2D eigenvalue weighted by atomic mass is 9.85. The highest BCUT2D eigenvalue weighted by Crippen LogP contribution is 2.23. The smallest absolute Gasteiger partial charge is 0.0531 e. The van der Waals surface area contributed by atoms with Gasteiger partial charge in [-0.1, -0.05) is 59.3 Å². The van der Waals surface area contributed by atoms with Crippen molar-refractivity contribution in [3.05, 3.63) is 0 Å². The highest BCUT2D eigenvalue weighted by Gasteiger charge is 2.26. The minimum absolute atomic E-state index is 0.130. The Kier molecular flexibility index (Phi) is 15.8. The van der Waals surface area contributed by atoms with Gasteiger partial charge in [-0.15, -0.1) is 0 Å². The van der Waals surface area contributed by atoms with E-state index < -0.39 is 5.41 Å². The van der Waals surface area contributed by atoms with Crippen LogP contribution in [0.25, 0.3) is 0 Å². The molecule has 0 radical (unpaired) electrons. The van der Waals surface area contributed by atoms with Crippen LogP contribution in [0.3, 0.4) is 0 Å². The zero-order valence-electron chi connectivity index (χ0n) is 11.9. The van der Waals surface area contributed by atoms with E-state index in [2.05, 4.69) is 6.92 Å². The van der Waals surface area contributed by atoms with Gasteiger partial charge in [-0.2, -0.15) is 0 Å². The Labute approximate surface area is 107 Å². The van der Waals surface area contributed by atoms with Gasteiger partial charge in [0.1, 0.15) is 0 Å². The quantitative estimate of drug-likeness (QED) is 0.521. The number of rotatable bonds is 10. The summed E-state index contributed by atoms with van der Waals surface area (Å²) in [6, 6.07) is 0. The van der Waals surface area contributed by atoms with Crippen LogP contribution in [0.2, 0.25) is 0 Å². The summed E-state index contributed by atoms with van der Waals surface area (Å²) in [5.41, 5.74) is -0.662. The molecule has 0 amide bonds. The zero-order valence-corrected chi connectivity index (χ0v) is 11.9. The molecule has 0 spiro atoms. The summed E-state index contributed by atoms with van der Waals surface area (Å²) in [7, 11) is 0. The van der Waals surface area contributed by atoms with Gasteiger partial charge >= 0.3 is 0 Å². The third-order valence-electron chi connectivity index (χ3n) is 3.07. The number of aliphatic hydroxyl groups excluding tert-OH is 3. The van der Waals surface area contributed by atoms with Gasteiger partial charge in [-0.25, -0.2) is 0 Å². The Hall–Kier alpha value is -0.120. The summed E-state index contributed by atoms with van der Waals surface area (Å²) >= 11 is 0. The molecule has 0 saturated heterocycles. The Morgan fingerprint density at radius 1 is 0.706 bits per heavy atom. The standard InChI is InChI=1S/C12H26O3.C2H6/c1-2-3-4-5-6-7-8-12(9-13,10-14)11-15;1-2/h13-15H,2-11H2,1H3;1-2H3. The van der Waals surface area contributed by atoms with Crippen LogP contribution in [0.4, 0.5) is 0 Å². The summed E-state index contributed by atoms with van der Waals surface area (Å²) in [6.07, 6.45) is 7.82. The molecule has 0 fully saturated rings. The molecule has 0 aromatic carbocycles. The summed E-state index contributed by atoms with van der Waals surface area (Å²) in [5.74, 6) is 0. The van der Waals surface area contributed by atoms with Crippen molar-refractivity contribution in [2.45, 2.75) is 65.7 Å². The SMILES string of the molecule is CC.CCCCCCCCC(CO)(CO)CO. The third-order valence-corrected chi connectivity index (χ3v) is 3.07. The van der Waals surface area contributed by atoms with E-state index in [1.54, 1.807) is 0 Å². The number of hydrogen-bond donors (Lipinski definition) is 3. The van der Waals surface area contributed by atoms with E-state index >= 15 is 0 Å². The Morgan fingerprint density at radius 2 is 1.12 bits per heavy atom. The second-order valence-electron chi connectivity index (χ2n) is 4.49. The minimum atomic E-state index is -0.662. The van der Waals surface area contributed by atoms with Crippen molar-refractivity contribution in [3.8, 4) is 0 Å². The fourth-order valence-electron chi connectivity index (χ4n) is 1.67. The van der Waals surface area contributed by atoms with Gasteiger partial charge < -0.3 is 15.3 Å². The average Bonchev–Trinajstić information content (AvgIpc) is 2.41. The Morgan fingerprint density at radius 3 is 1.53 bits per heavy atom. The molecule has 0 aliphatic carbocycles. The van der Waals surface area contributed by atoms with E-state index in [0.29, 0.717) is 6.42 Å². The summed E-state index contributed by atoms with van der Waals surface area (Å²) < 4.78 is 0. The fraction of sp³-hybridized carbons (Fsp3) is 1.00. The molecule has 3 nitrogen and oxygen atoms in total. The van der Waals surface area contributed by atoms with E-state index in [-0.39, 0.29) is 19.8 Å². The molecular weight excluding hydrogens is 216 g/mol. The molecule has 3 N–H and O–H groups in total. The maximum atomic E-state index is 9.10. The second kappa shape index (κ2) is 13.9. The Bertz CT molecular complexity index is 125. The van der Waals surface area contributed by atoms with Crippen molar-refractivity contribution in [1.29, 1.82) is 0 Å². The van der Waals surface area contributed by atoms with E-state index in [1.807, 2.05) is 13.8 Å². The fourth-order valence-corrected chi connectivity index (χ4v) is 1.67. The molecule has 0 aromatic heterocycles. The largest absolute Gasteiger partial charge is 0.396 e. The number of unbranched alkanes of at least 4 members (excludes halogenated alkanes) is 5. The van der Waals surface area contributed by atoms with E-state index in [4.69, 9.17) is 15.3 Å². The molecule has 0 aliphatic heterocycles. The predicted molar refractivity (Wildman–Crippen MR) is 73.0 cm³/mol. The van der Waals surface area contributed by atoms with E-state index in [9.17, 15) is 0 Å². The highest BCUT2D eigenvalue weighted by atomic mass is 16.3. The number of hydrogen-bond acceptors (Lipinski definition) is 3.